The standard InChI is InChI=1S/C12H21N7/c1-5-6-19-12(10(13)8(2)17-19)15-9(3)11-16-14-7-18(11)4/h7,9,15H,5-6,13H2,1-4H3. The van der Waals surface area contributed by atoms with Gasteiger partial charge in [-0.3, -0.25) is 0 Å². The van der Waals surface area contributed by atoms with Gasteiger partial charge in [-0.2, -0.15) is 5.10 Å². The van der Waals surface area contributed by atoms with E-state index < -0.39 is 0 Å². The van der Waals surface area contributed by atoms with E-state index in [1.807, 2.05) is 30.1 Å². The number of aromatic nitrogens is 5. The van der Waals surface area contributed by atoms with Gasteiger partial charge >= 0.3 is 0 Å². The first kappa shape index (κ1) is 13.4. The second-order valence-corrected chi connectivity index (χ2v) is 4.74. The van der Waals surface area contributed by atoms with Crippen LogP contribution in [-0.2, 0) is 13.6 Å². The molecule has 104 valence electrons. The average Bonchev–Trinajstić information content (AvgIpc) is 2.89. The van der Waals surface area contributed by atoms with Crippen molar-refractivity contribution in [3.05, 3.63) is 17.8 Å². The fraction of sp³-hybridized carbons (Fsp3) is 0.583. The number of hydrogen-bond donors (Lipinski definition) is 2. The van der Waals surface area contributed by atoms with Crippen LogP contribution < -0.4 is 11.1 Å². The topological polar surface area (TPSA) is 86.6 Å². The Morgan fingerprint density at radius 2 is 2.21 bits per heavy atom. The van der Waals surface area contributed by atoms with Crippen molar-refractivity contribution in [3.8, 4) is 0 Å². The third-order valence-electron chi connectivity index (χ3n) is 3.10. The number of rotatable bonds is 5. The third-order valence-corrected chi connectivity index (χ3v) is 3.10. The van der Waals surface area contributed by atoms with Crippen molar-refractivity contribution in [2.75, 3.05) is 11.1 Å². The molecule has 7 nitrogen and oxygen atoms in total. The van der Waals surface area contributed by atoms with Gasteiger partial charge in [-0.15, -0.1) is 10.2 Å². The molecule has 0 saturated heterocycles. The molecule has 2 aromatic heterocycles. The van der Waals surface area contributed by atoms with Gasteiger partial charge in [0.2, 0.25) is 0 Å². The summed E-state index contributed by atoms with van der Waals surface area (Å²) in [7, 11) is 1.92. The van der Waals surface area contributed by atoms with Crippen molar-refractivity contribution < 1.29 is 0 Å². The highest BCUT2D eigenvalue weighted by molar-refractivity contribution is 5.65. The molecule has 0 spiro atoms. The van der Waals surface area contributed by atoms with Crippen LogP contribution in [0.3, 0.4) is 0 Å². The van der Waals surface area contributed by atoms with E-state index in [1.165, 1.54) is 0 Å². The molecule has 19 heavy (non-hydrogen) atoms. The highest BCUT2D eigenvalue weighted by Gasteiger charge is 2.17. The minimum Gasteiger partial charge on any atom is -0.394 e. The van der Waals surface area contributed by atoms with Gasteiger partial charge in [0.1, 0.15) is 12.1 Å². The molecule has 1 atom stereocenters. The lowest BCUT2D eigenvalue weighted by Gasteiger charge is -2.16. The third kappa shape index (κ3) is 2.54. The Kier molecular flexibility index (Phi) is 3.73. The highest BCUT2D eigenvalue weighted by Crippen LogP contribution is 2.26. The van der Waals surface area contributed by atoms with Crippen LogP contribution in [0.4, 0.5) is 11.5 Å². The van der Waals surface area contributed by atoms with Crippen molar-refractivity contribution in [1.29, 1.82) is 0 Å². The van der Waals surface area contributed by atoms with E-state index in [9.17, 15) is 0 Å². The van der Waals surface area contributed by atoms with E-state index >= 15 is 0 Å². The first-order chi connectivity index (χ1) is 9.04. The van der Waals surface area contributed by atoms with Gasteiger partial charge in [-0.05, 0) is 20.3 Å². The fourth-order valence-corrected chi connectivity index (χ4v) is 2.08. The molecule has 0 aliphatic carbocycles. The Hall–Kier alpha value is -2.05. The minimum atomic E-state index is 0.0153. The van der Waals surface area contributed by atoms with Crippen molar-refractivity contribution in [2.45, 2.75) is 39.8 Å². The first-order valence-electron chi connectivity index (χ1n) is 6.47. The lowest BCUT2D eigenvalue weighted by molar-refractivity contribution is 0.595. The summed E-state index contributed by atoms with van der Waals surface area (Å²) in [5.74, 6) is 1.72. The van der Waals surface area contributed by atoms with Crippen LogP contribution in [-0.4, -0.2) is 24.5 Å². The Labute approximate surface area is 112 Å². The summed E-state index contributed by atoms with van der Waals surface area (Å²) in [4.78, 5) is 0. The smallest absolute Gasteiger partial charge is 0.154 e. The molecule has 2 rings (SSSR count). The maximum atomic E-state index is 6.08. The van der Waals surface area contributed by atoms with Crippen LogP contribution in [0.5, 0.6) is 0 Å². The number of nitrogens with zero attached hydrogens (tertiary/aromatic N) is 5. The van der Waals surface area contributed by atoms with Crippen LogP contribution in [0.1, 0.15) is 37.8 Å². The van der Waals surface area contributed by atoms with E-state index in [0.717, 1.165) is 30.3 Å². The number of anilines is 2. The van der Waals surface area contributed by atoms with Gasteiger partial charge in [-0.25, -0.2) is 4.68 Å². The van der Waals surface area contributed by atoms with E-state index in [4.69, 9.17) is 5.73 Å². The van der Waals surface area contributed by atoms with Crippen LogP contribution in [0, 0.1) is 6.92 Å². The van der Waals surface area contributed by atoms with Crippen LogP contribution in [0.25, 0.3) is 0 Å². The van der Waals surface area contributed by atoms with Gasteiger partial charge in [-0.1, -0.05) is 6.92 Å². The Balaban J connectivity index is 2.25. The summed E-state index contributed by atoms with van der Waals surface area (Å²) < 4.78 is 3.80. The summed E-state index contributed by atoms with van der Waals surface area (Å²) in [6.45, 7) is 6.90. The molecular weight excluding hydrogens is 242 g/mol. The summed E-state index contributed by atoms with van der Waals surface area (Å²) in [6, 6.07) is 0.0153. The van der Waals surface area contributed by atoms with Gasteiger partial charge in [0.15, 0.2) is 5.82 Å². The predicted octanol–water partition coefficient (Wildman–Crippen LogP) is 1.49. The Bertz CT molecular complexity index is 554. The van der Waals surface area contributed by atoms with Crippen LogP contribution in [0.15, 0.2) is 6.33 Å². The summed E-state index contributed by atoms with van der Waals surface area (Å²) in [5.41, 5.74) is 7.63. The second-order valence-electron chi connectivity index (χ2n) is 4.74. The van der Waals surface area contributed by atoms with Crippen LogP contribution in [0.2, 0.25) is 0 Å². The van der Waals surface area contributed by atoms with Crippen LogP contribution >= 0.6 is 0 Å². The molecule has 0 aliphatic rings. The predicted molar refractivity (Wildman–Crippen MR) is 74.7 cm³/mol. The molecule has 1 unspecified atom stereocenters. The molecule has 0 amide bonds. The van der Waals surface area contributed by atoms with Crippen molar-refractivity contribution >= 4 is 11.5 Å². The van der Waals surface area contributed by atoms with Crippen molar-refractivity contribution in [2.24, 2.45) is 7.05 Å². The normalized spacial score (nSPS) is 12.6. The minimum absolute atomic E-state index is 0.0153. The van der Waals surface area contributed by atoms with Gasteiger partial charge in [0, 0.05) is 13.6 Å². The second kappa shape index (κ2) is 5.29. The number of nitrogen functional groups attached to an aromatic ring is 1. The van der Waals surface area contributed by atoms with Gasteiger partial charge in [0.25, 0.3) is 0 Å². The number of aryl methyl sites for hydroxylation is 3. The van der Waals surface area contributed by atoms with Gasteiger partial charge < -0.3 is 15.6 Å². The first-order valence-corrected chi connectivity index (χ1v) is 6.47. The number of hydrogen-bond acceptors (Lipinski definition) is 5. The quantitative estimate of drug-likeness (QED) is 0.853. The Morgan fingerprint density at radius 3 is 2.79 bits per heavy atom. The molecule has 0 aliphatic heterocycles. The van der Waals surface area contributed by atoms with Crippen molar-refractivity contribution in [3.63, 3.8) is 0 Å². The molecule has 2 heterocycles. The maximum Gasteiger partial charge on any atom is 0.154 e. The average molecular weight is 263 g/mol. The molecule has 2 aromatic rings. The zero-order valence-corrected chi connectivity index (χ0v) is 11.9. The Morgan fingerprint density at radius 1 is 1.47 bits per heavy atom. The fourth-order valence-electron chi connectivity index (χ4n) is 2.08. The summed E-state index contributed by atoms with van der Waals surface area (Å²) in [6.07, 6.45) is 2.69. The molecule has 7 heteroatoms. The molecule has 0 saturated carbocycles. The lowest BCUT2D eigenvalue weighted by Crippen LogP contribution is -2.16. The molecule has 0 fully saturated rings. The lowest BCUT2D eigenvalue weighted by atomic mass is 10.3. The molecular formula is C12H21N7. The van der Waals surface area contributed by atoms with E-state index in [-0.39, 0.29) is 6.04 Å². The zero-order valence-electron chi connectivity index (χ0n) is 11.9. The molecule has 0 bridgehead atoms. The van der Waals surface area contributed by atoms with E-state index in [1.54, 1.807) is 6.33 Å². The summed E-state index contributed by atoms with van der Waals surface area (Å²) >= 11 is 0. The van der Waals surface area contributed by atoms with Gasteiger partial charge in [0.05, 0.1) is 17.4 Å². The molecule has 0 radical (unpaired) electrons. The summed E-state index contributed by atoms with van der Waals surface area (Å²) in [5, 5.41) is 15.8. The largest absolute Gasteiger partial charge is 0.394 e. The molecule has 0 aromatic carbocycles. The zero-order chi connectivity index (χ0) is 14.0. The van der Waals surface area contributed by atoms with Crippen molar-refractivity contribution in [1.82, 2.24) is 24.5 Å². The maximum absolute atomic E-state index is 6.08. The van der Waals surface area contributed by atoms with E-state index in [0.29, 0.717) is 5.69 Å². The van der Waals surface area contributed by atoms with E-state index in [2.05, 4.69) is 27.5 Å². The molecule has 3 N–H and O–H groups in total. The highest BCUT2D eigenvalue weighted by atomic mass is 15.4. The monoisotopic (exact) mass is 263 g/mol. The SMILES string of the molecule is CCCn1nc(C)c(N)c1NC(C)c1nncn1C. The number of nitrogens with one attached hydrogen (secondary N) is 1. The number of nitrogens with two attached hydrogens (primary N) is 1.